The first-order valence-electron chi connectivity index (χ1n) is 8.57. The lowest BCUT2D eigenvalue weighted by atomic mass is 10.2. The van der Waals surface area contributed by atoms with Gasteiger partial charge in [-0.3, -0.25) is 9.89 Å². The van der Waals surface area contributed by atoms with Crippen molar-refractivity contribution < 1.29 is 13.9 Å². The zero-order valence-electron chi connectivity index (χ0n) is 16.1. The third kappa shape index (κ3) is 5.16. The predicted molar refractivity (Wildman–Crippen MR) is 104 cm³/mol. The summed E-state index contributed by atoms with van der Waals surface area (Å²) in [6.45, 7) is 3.18. The van der Waals surface area contributed by atoms with Crippen molar-refractivity contribution in [3.63, 3.8) is 0 Å². The molecule has 0 aliphatic heterocycles. The van der Waals surface area contributed by atoms with Crippen LogP contribution in [0.25, 0.3) is 0 Å². The number of nitrogens with one attached hydrogen (secondary N) is 2. The number of furan rings is 1. The lowest BCUT2D eigenvalue weighted by molar-refractivity contribution is 0.258. The molecule has 0 aliphatic carbocycles. The summed E-state index contributed by atoms with van der Waals surface area (Å²) in [5.41, 5.74) is 0.859. The Hall–Kier alpha value is -2.67. The van der Waals surface area contributed by atoms with Crippen LogP contribution in [0.4, 0.5) is 5.69 Å². The van der Waals surface area contributed by atoms with E-state index >= 15 is 0 Å². The molecule has 1 atom stereocenters. The highest BCUT2D eigenvalue weighted by molar-refractivity contribution is 5.93. The largest absolute Gasteiger partial charge is 0.493 e. The molecular formula is C19H28N4O3. The van der Waals surface area contributed by atoms with E-state index in [4.69, 9.17) is 13.9 Å². The summed E-state index contributed by atoms with van der Waals surface area (Å²) < 4.78 is 16.5. The molecule has 7 heteroatoms. The minimum Gasteiger partial charge on any atom is -0.493 e. The van der Waals surface area contributed by atoms with Crippen molar-refractivity contribution in [2.24, 2.45) is 4.99 Å². The zero-order chi connectivity index (χ0) is 18.9. The van der Waals surface area contributed by atoms with E-state index in [-0.39, 0.29) is 6.04 Å². The standard InChI is InChI=1S/C19H28N4O3/c1-6-25-17-10-9-14(12-18(17)24-5)22-19(20-2)21-13-15(23(3)4)16-8-7-11-26-16/h7-12,15H,6,13H2,1-5H3,(H2,20,21,22). The van der Waals surface area contributed by atoms with Crippen molar-refractivity contribution in [3.8, 4) is 11.5 Å². The van der Waals surface area contributed by atoms with E-state index in [1.165, 1.54) is 0 Å². The van der Waals surface area contributed by atoms with E-state index in [1.807, 2.05) is 51.4 Å². The molecule has 0 aliphatic rings. The Morgan fingerprint density at radius 1 is 1.27 bits per heavy atom. The van der Waals surface area contributed by atoms with Crippen LogP contribution in [0.1, 0.15) is 18.7 Å². The van der Waals surface area contributed by atoms with Gasteiger partial charge in [0.25, 0.3) is 0 Å². The van der Waals surface area contributed by atoms with Crippen molar-refractivity contribution in [1.29, 1.82) is 0 Å². The van der Waals surface area contributed by atoms with Crippen LogP contribution in [0.5, 0.6) is 11.5 Å². The Labute approximate surface area is 155 Å². The summed E-state index contributed by atoms with van der Waals surface area (Å²) in [5.74, 6) is 2.96. The molecule has 2 rings (SSSR count). The number of anilines is 1. The molecule has 0 fully saturated rings. The average molecular weight is 360 g/mol. The smallest absolute Gasteiger partial charge is 0.195 e. The summed E-state index contributed by atoms with van der Waals surface area (Å²) in [6, 6.07) is 9.65. The lowest BCUT2D eigenvalue weighted by Gasteiger charge is -2.23. The highest BCUT2D eigenvalue weighted by Gasteiger charge is 2.17. The fraction of sp³-hybridized carbons (Fsp3) is 0.421. The van der Waals surface area contributed by atoms with Crippen LogP contribution >= 0.6 is 0 Å². The molecule has 1 unspecified atom stereocenters. The molecule has 1 heterocycles. The number of aliphatic imine (C=N–C) groups is 1. The van der Waals surface area contributed by atoms with E-state index in [2.05, 4.69) is 20.5 Å². The normalized spacial score (nSPS) is 12.8. The van der Waals surface area contributed by atoms with Gasteiger partial charge in [-0.1, -0.05) is 0 Å². The van der Waals surface area contributed by atoms with Crippen molar-refractivity contribution in [3.05, 3.63) is 42.4 Å². The molecule has 0 saturated carbocycles. The predicted octanol–water partition coefficient (Wildman–Crippen LogP) is 2.98. The van der Waals surface area contributed by atoms with Crippen molar-refractivity contribution in [2.75, 3.05) is 46.7 Å². The zero-order valence-corrected chi connectivity index (χ0v) is 16.1. The van der Waals surface area contributed by atoms with Crippen LogP contribution < -0.4 is 20.1 Å². The molecular weight excluding hydrogens is 332 g/mol. The first-order valence-corrected chi connectivity index (χ1v) is 8.57. The van der Waals surface area contributed by atoms with Crippen LogP contribution in [0.3, 0.4) is 0 Å². The van der Waals surface area contributed by atoms with Gasteiger partial charge in [-0.15, -0.1) is 0 Å². The summed E-state index contributed by atoms with van der Waals surface area (Å²) in [4.78, 5) is 6.38. The first kappa shape index (κ1) is 19.7. The molecule has 26 heavy (non-hydrogen) atoms. The molecule has 0 bridgehead atoms. The average Bonchev–Trinajstić information content (AvgIpc) is 3.16. The van der Waals surface area contributed by atoms with E-state index in [0.29, 0.717) is 30.6 Å². The Morgan fingerprint density at radius 2 is 2.08 bits per heavy atom. The van der Waals surface area contributed by atoms with Crippen LogP contribution in [0.15, 0.2) is 46.0 Å². The van der Waals surface area contributed by atoms with Crippen molar-refractivity contribution >= 4 is 11.6 Å². The molecule has 0 saturated heterocycles. The highest BCUT2D eigenvalue weighted by Crippen LogP contribution is 2.30. The molecule has 2 N–H and O–H groups in total. The number of nitrogens with zero attached hydrogens (tertiary/aromatic N) is 2. The number of hydrogen-bond donors (Lipinski definition) is 2. The second kappa shape index (κ2) is 9.72. The SMILES string of the molecule is CCOc1ccc(NC(=NC)NCC(c2ccco2)N(C)C)cc1OC. The Balaban J connectivity index is 2.03. The molecule has 0 amide bonds. The first-order chi connectivity index (χ1) is 12.6. The monoisotopic (exact) mass is 360 g/mol. The lowest BCUT2D eigenvalue weighted by Crippen LogP contribution is -2.37. The van der Waals surface area contributed by atoms with Gasteiger partial charge < -0.3 is 24.5 Å². The van der Waals surface area contributed by atoms with Crippen LogP contribution in [0, 0.1) is 0 Å². The van der Waals surface area contributed by atoms with Crippen LogP contribution in [-0.2, 0) is 0 Å². The van der Waals surface area contributed by atoms with Crippen molar-refractivity contribution in [1.82, 2.24) is 10.2 Å². The van der Waals surface area contributed by atoms with Crippen LogP contribution in [-0.4, -0.2) is 52.3 Å². The quantitative estimate of drug-likeness (QED) is 0.557. The van der Waals surface area contributed by atoms with Gasteiger partial charge in [0, 0.05) is 25.3 Å². The number of guanidine groups is 1. The Bertz CT molecular complexity index is 699. The fourth-order valence-corrected chi connectivity index (χ4v) is 2.55. The molecule has 0 spiro atoms. The van der Waals surface area contributed by atoms with E-state index < -0.39 is 0 Å². The summed E-state index contributed by atoms with van der Waals surface area (Å²) in [7, 11) is 7.39. The molecule has 1 aromatic carbocycles. The third-order valence-corrected chi connectivity index (χ3v) is 3.91. The van der Waals surface area contributed by atoms with Gasteiger partial charge >= 0.3 is 0 Å². The number of hydrogen-bond acceptors (Lipinski definition) is 5. The molecule has 1 aromatic heterocycles. The second-order valence-electron chi connectivity index (χ2n) is 5.87. The van der Waals surface area contributed by atoms with E-state index in [1.54, 1.807) is 20.4 Å². The topological polar surface area (TPSA) is 71.3 Å². The summed E-state index contributed by atoms with van der Waals surface area (Å²) in [5, 5.41) is 6.60. The van der Waals surface area contributed by atoms with Gasteiger partial charge in [-0.05, 0) is 45.3 Å². The summed E-state index contributed by atoms with van der Waals surface area (Å²) in [6.07, 6.45) is 1.69. The second-order valence-corrected chi connectivity index (χ2v) is 5.87. The summed E-state index contributed by atoms with van der Waals surface area (Å²) >= 11 is 0. The molecule has 7 nitrogen and oxygen atoms in total. The van der Waals surface area contributed by atoms with Crippen LogP contribution in [0.2, 0.25) is 0 Å². The molecule has 0 radical (unpaired) electrons. The number of benzene rings is 1. The number of ether oxygens (including phenoxy) is 2. The maximum atomic E-state index is 5.55. The minimum absolute atomic E-state index is 0.0958. The van der Waals surface area contributed by atoms with E-state index in [0.717, 1.165) is 11.4 Å². The number of rotatable bonds is 8. The Morgan fingerprint density at radius 3 is 2.65 bits per heavy atom. The highest BCUT2D eigenvalue weighted by atomic mass is 16.5. The maximum Gasteiger partial charge on any atom is 0.195 e. The van der Waals surface area contributed by atoms with Gasteiger partial charge in [0.15, 0.2) is 17.5 Å². The van der Waals surface area contributed by atoms with Gasteiger partial charge in [-0.2, -0.15) is 0 Å². The van der Waals surface area contributed by atoms with Gasteiger partial charge in [0.1, 0.15) is 5.76 Å². The maximum absolute atomic E-state index is 5.55. The van der Waals surface area contributed by atoms with Gasteiger partial charge in [-0.25, -0.2) is 0 Å². The molecule has 2 aromatic rings. The Kier molecular flexibility index (Phi) is 7.35. The number of likely N-dealkylation sites (N-methyl/N-ethyl adjacent to an activating group) is 1. The fourth-order valence-electron chi connectivity index (χ4n) is 2.55. The van der Waals surface area contributed by atoms with Gasteiger partial charge in [0.2, 0.25) is 0 Å². The minimum atomic E-state index is 0.0958. The molecule has 142 valence electrons. The van der Waals surface area contributed by atoms with Crippen molar-refractivity contribution in [2.45, 2.75) is 13.0 Å². The number of methoxy groups -OCH3 is 1. The third-order valence-electron chi connectivity index (χ3n) is 3.91. The van der Waals surface area contributed by atoms with E-state index in [9.17, 15) is 0 Å². The van der Waals surface area contributed by atoms with Gasteiger partial charge in [0.05, 0.1) is 26.0 Å².